The summed E-state index contributed by atoms with van der Waals surface area (Å²) < 4.78 is 6.51. The third-order valence-electron chi connectivity index (χ3n) is 4.10. The Morgan fingerprint density at radius 1 is 1.20 bits per heavy atom. The van der Waals surface area contributed by atoms with Crippen LogP contribution in [0.5, 0.6) is 5.75 Å². The second-order valence-electron chi connectivity index (χ2n) is 6.05. The van der Waals surface area contributed by atoms with Gasteiger partial charge in [0, 0.05) is 25.1 Å². The molecule has 132 valence electrons. The van der Waals surface area contributed by atoms with Crippen LogP contribution in [-0.4, -0.2) is 29.5 Å². The van der Waals surface area contributed by atoms with Crippen LogP contribution in [0.4, 0.5) is 4.79 Å². The summed E-state index contributed by atoms with van der Waals surface area (Å²) in [6.45, 7) is 1.12. The van der Waals surface area contributed by atoms with Crippen molar-refractivity contribution in [2.24, 2.45) is 0 Å². The second-order valence-corrected chi connectivity index (χ2v) is 6.05. The van der Waals surface area contributed by atoms with Crippen molar-refractivity contribution in [3.63, 3.8) is 0 Å². The molecule has 0 bridgehead atoms. The van der Waals surface area contributed by atoms with E-state index in [1.807, 2.05) is 24.3 Å². The quantitative estimate of drug-likeness (QED) is 0.801. The van der Waals surface area contributed by atoms with E-state index in [4.69, 9.17) is 4.74 Å². The third kappa shape index (κ3) is 4.82. The van der Waals surface area contributed by atoms with Gasteiger partial charge in [0.2, 0.25) is 0 Å². The molecule has 7 heteroatoms. The Balaban J connectivity index is 1.43. The minimum Gasteiger partial charge on any atom is -0.497 e. The fraction of sp³-hybridized carbons (Fsp3) is 0.389. The minimum atomic E-state index is -0.276. The topological polar surface area (TPSA) is 85.2 Å². The Hall–Kier alpha value is -2.83. The number of aromatic nitrogens is 2. The zero-order valence-electron chi connectivity index (χ0n) is 14.2. The van der Waals surface area contributed by atoms with E-state index in [0.29, 0.717) is 25.6 Å². The summed E-state index contributed by atoms with van der Waals surface area (Å²) in [6, 6.07) is 10.6. The highest BCUT2D eigenvalue weighted by molar-refractivity contribution is 5.73. The van der Waals surface area contributed by atoms with E-state index in [0.717, 1.165) is 29.8 Å². The van der Waals surface area contributed by atoms with E-state index in [1.54, 1.807) is 19.2 Å². The number of nitrogens with one attached hydrogen (secondary N) is 2. The zero-order chi connectivity index (χ0) is 17.6. The lowest BCUT2D eigenvalue weighted by molar-refractivity contribution is 0.240. The molecule has 2 aromatic rings. The van der Waals surface area contributed by atoms with Gasteiger partial charge in [-0.25, -0.2) is 9.48 Å². The van der Waals surface area contributed by atoms with Crippen LogP contribution in [0, 0.1) is 0 Å². The number of amides is 2. The van der Waals surface area contributed by atoms with Crippen molar-refractivity contribution in [2.45, 2.75) is 31.8 Å². The molecular weight excluding hydrogens is 320 g/mol. The van der Waals surface area contributed by atoms with Gasteiger partial charge in [-0.05, 0) is 36.6 Å². The Morgan fingerprint density at radius 3 is 2.64 bits per heavy atom. The number of rotatable bonds is 7. The number of urea groups is 1. The van der Waals surface area contributed by atoms with E-state index in [1.165, 1.54) is 4.68 Å². The lowest BCUT2D eigenvalue weighted by Crippen LogP contribution is -2.38. The van der Waals surface area contributed by atoms with E-state index in [-0.39, 0.29) is 11.6 Å². The second kappa shape index (κ2) is 7.83. The van der Waals surface area contributed by atoms with E-state index in [2.05, 4.69) is 15.7 Å². The molecule has 1 fully saturated rings. The number of methoxy groups -OCH3 is 1. The fourth-order valence-electron chi connectivity index (χ4n) is 2.49. The van der Waals surface area contributed by atoms with Crippen molar-refractivity contribution in [3.05, 3.63) is 58.0 Å². The molecule has 7 nitrogen and oxygen atoms in total. The Kier molecular flexibility index (Phi) is 5.33. The molecule has 0 unspecified atom stereocenters. The van der Waals surface area contributed by atoms with Crippen LogP contribution in [0.3, 0.4) is 0 Å². The van der Waals surface area contributed by atoms with Crippen LogP contribution in [0.1, 0.15) is 30.0 Å². The summed E-state index contributed by atoms with van der Waals surface area (Å²) in [5.74, 6) is 1.27. The molecule has 2 amide bonds. The number of hydrogen-bond acceptors (Lipinski definition) is 4. The highest BCUT2D eigenvalue weighted by Crippen LogP contribution is 2.38. The molecule has 1 aromatic heterocycles. The molecule has 1 saturated carbocycles. The highest BCUT2D eigenvalue weighted by Gasteiger charge is 2.25. The van der Waals surface area contributed by atoms with Crippen LogP contribution in [-0.2, 0) is 13.1 Å². The number of benzene rings is 1. The summed E-state index contributed by atoms with van der Waals surface area (Å²) in [5, 5.41) is 9.88. The number of carbonyl (C=O) groups is 1. The van der Waals surface area contributed by atoms with Gasteiger partial charge in [0.1, 0.15) is 5.75 Å². The summed E-state index contributed by atoms with van der Waals surface area (Å²) >= 11 is 0. The average Bonchev–Trinajstić information content (AvgIpc) is 3.47. The molecule has 1 aliphatic rings. The lowest BCUT2D eigenvalue weighted by atomic mass is 10.2. The Labute approximate surface area is 146 Å². The first-order valence-corrected chi connectivity index (χ1v) is 8.38. The number of hydrogen-bond donors (Lipinski definition) is 2. The van der Waals surface area contributed by atoms with Gasteiger partial charge in [-0.2, -0.15) is 5.10 Å². The van der Waals surface area contributed by atoms with Gasteiger partial charge in [0.15, 0.2) is 0 Å². The summed E-state index contributed by atoms with van der Waals surface area (Å²) in [6.07, 6.45) is 2.27. The standard InChI is InChI=1S/C18H22N4O3/c1-25-15-6-2-13(3-7-15)12-20-18(24)19-10-11-22-17(23)9-8-16(21-22)14-4-5-14/h2-3,6-9,14H,4-5,10-12H2,1H3,(H2,19,20,24). The maximum Gasteiger partial charge on any atom is 0.315 e. The van der Waals surface area contributed by atoms with Gasteiger partial charge in [-0.1, -0.05) is 12.1 Å². The molecule has 2 N–H and O–H groups in total. The summed E-state index contributed by atoms with van der Waals surface area (Å²) in [7, 11) is 1.61. The third-order valence-corrected chi connectivity index (χ3v) is 4.10. The molecular formula is C18H22N4O3. The van der Waals surface area contributed by atoms with E-state index in [9.17, 15) is 9.59 Å². The van der Waals surface area contributed by atoms with Gasteiger partial charge in [0.05, 0.1) is 19.3 Å². The van der Waals surface area contributed by atoms with Gasteiger partial charge >= 0.3 is 6.03 Å². The van der Waals surface area contributed by atoms with Crippen LogP contribution >= 0.6 is 0 Å². The molecule has 1 aliphatic carbocycles. The highest BCUT2D eigenvalue weighted by atomic mass is 16.5. The van der Waals surface area contributed by atoms with E-state index >= 15 is 0 Å². The first-order chi connectivity index (χ1) is 12.2. The minimum absolute atomic E-state index is 0.148. The summed E-state index contributed by atoms with van der Waals surface area (Å²) in [5.41, 5.74) is 1.79. The predicted octanol–water partition coefficient (Wildman–Crippen LogP) is 1.63. The molecule has 1 heterocycles. The molecule has 0 spiro atoms. The van der Waals surface area contributed by atoms with Crippen molar-refractivity contribution in [1.29, 1.82) is 0 Å². The van der Waals surface area contributed by atoms with Crippen molar-refractivity contribution in [1.82, 2.24) is 20.4 Å². The molecule has 0 atom stereocenters. The van der Waals surface area contributed by atoms with Gasteiger partial charge in [-0.3, -0.25) is 4.79 Å². The lowest BCUT2D eigenvalue weighted by Gasteiger charge is -2.09. The van der Waals surface area contributed by atoms with Crippen LogP contribution in [0.15, 0.2) is 41.2 Å². The van der Waals surface area contributed by atoms with Crippen molar-refractivity contribution >= 4 is 6.03 Å². The SMILES string of the molecule is COc1ccc(CNC(=O)NCCn2nc(C3CC3)ccc2=O)cc1. The number of carbonyl (C=O) groups excluding carboxylic acids is 1. The largest absolute Gasteiger partial charge is 0.497 e. The monoisotopic (exact) mass is 342 g/mol. The van der Waals surface area contributed by atoms with Crippen LogP contribution in [0.25, 0.3) is 0 Å². The maximum atomic E-state index is 11.8. The Morgan fingerprint density at radius 2 is 1.96 bits per heavy atom. The molecule has 25 heavy (non-hydrogen) atoms. The van der Waals surface area contributed by atoms with Gasteiger partial charge < -0.3 is 15.4 Å². The van der Waals surface area contributed by atoms with Gasteiger partial charge in [-0.15, -0.1) is 0 Å². The molecule has 0 radical (unpaired) electrons. The van der Waals surface area contributed by atoms with Crippen LogP contribution < -0.4 is 20.9 Å². The van der Waals surface area contributed by atoms with Crippen molar-refractivity contribution in [2.75, 3.05) is 13.7 Å². The number of nitrogens with zero attached hydrogens (tertiary/aromatic N) is 2. The zero-order valence-corrected chi connectivity index (χ0v) is 14.2. The Bertz CT molecular complexity index is 782. The van der Waals surface area contributed by atoms with Crippen LogP contribution in [0.2, 0.25) is 0 Å². The fourth-order valence-corrected chi connectivity index (χ4v) is 2.49. The molecule has 0 saturated heterocycles. The maximum absolute atomic E-state index is 11.8. The normalized spacial score (nSPS) is 13.3. The first kappa shape index (κ1) is 17.0. The first-order valence-electron chi connectivity index (χ1n) is 8.38. The van der Waals surface area contributed by atoms with Crippen molar-refractivity contribution in [3.8, 4) is 5.75 Å². The summed E-state index contributed by atoms with van der Waals surface area (Å²) in [4.78, 5) is 23.7. The smallest absolute Gasteiger partial charge is 0.315 e. The molecule has 3 rings (SSSR count). The number of ether oxygens (including phenoxy) is 1. The average molecular weight is 342 g/mol. The molecule has 1 aromatic carbocycles. The van der Waals surface area contributed by atoms with Gasteiger partial charge in [0.25, 0.3) is 5.56 Å². The predicted molar refractivity (Wildman–Crippen MR) is 93.7 cm³/mol. The van der Waals surface area contributed by atoms with Crippen molar-refractivity contribution < 1.29 is 9.53 Å². The molecule has 0 aliphatic heterocycles. The van der Waals surface area contributed by atoms with E-state index < -0.39 is 0 Å².